The molecular formula is C12H14ClFN2OS. The van der Waals surface area contributed by atoms with Gasteiger partial charge >= 0.3 is 0 Å². The highest BCUT2D eigenvalue weighted by molar-refractivity contribution is 7.80. The predicted octanol–water partition coefficient (Wildman–Crippen LogP) is 1.97. The van der Waals surface area contributed by atoms with E-state index in [2.05, 4.69) is 4.90 Å². The van der Waals surface area contributed by atoms with Gasteiger partial charge in [-0.25, -0.2) is 4.39 Å². The number of thiocarbonyl (C=S) groups is 1. The topological polar surface area (TPSA) is 38.5 Å². The normalized spacial score (nSPS) is 20.9. The number of morpholine rings is 1. The van der Waals surface area contributed by atoms with Crippen LogP contribution in [-0.2, 0) is 11.3 Å². The third-order valence-electron chi connectivity index (χ3n) is 2.89. The molecule has 98 valence electrons. The lowest BCUT2D eigenvalue weighted by molar-refractivity contribution is 0.00354. The van der Waals surface area contributed by atoms with E-state index in [0.29, 0.717) is 30.2 Å². The van der Waals surface area contributed by atoms with Crippen molar-refractivity contribution in [2.45, 2.75) is 12.6 Å². The van der Waals surface area contributed by atoms with Crippen LogP contribution in [0.5, 0.6) is 0 Å². The Morgan fingerprint density at radius 2 is 2.39 bits per heavy atom. The van der Waals surface area contributed by atoms with E-state index in [-0.39, 0.29) is 16.9 Å². The minimum Gasteiger partial charge on any atom is -0.391 e. The van der Waals surface area contributed by atoms with Gasteiger partial charge in [0, 0.05) is 25.2 Å². The van der Waals surface area contributed by atoms with E-state index in [1.807, 2.05) is 0 Å². The Labute approximate surface area is 116 Å². The van der Waals surface area contributed by atoms with E-state index in [9.17, 15) is 4.39 Å². The van der Waals surface area contributed by atoms with Crippen molar-refractivity contribution >= 4 is 28.8 Å². The number of ether oxygens (including phenoxy) is 1. The second kappa shape index (κ2) is 5.93. The van der Waals surface area contributed by atoms with Gasteiger partial charge in [-0.15, -0.1) is 0 Å². The Morgan fingerprint density at radius 1 is 1.61 bits per heavy atom. The maximum absolute atomic E-state index is 13.8. The first-order valence-corrected chi connectivity index (χ1v) is 6.42. The maximum Gasteiger partial charge on any atom is 0.146 e. The Kier molecular flexibility index (Phi) is 4.50. The van der Waals surface area contributed by atoms with Crippen LogP contribution >= 0.6 is 23.8 Å². The molecule has 1 aromatic rings. The van der Waals surface area contributed by atoms with Gasteiger partial charge in [0.15, 0.2) is 0 Å². The molecule has 1 atom stereocenters. The molecule has 0 amide bonds. The van der Waals surface area contributed by atoms with E-state index >= 15 is 0 Å². The van der Waals surface area contributed by atoms with Crippen molar-refractivity contribution < 1.29 is 9.13 Å². The van der Waals surface area contributed by atoms with Gasteiger partial charge in [0.25, 0.3) is 0 Å². The van der Waals surface area contributed by atoms with Crippen molar-refractivity contribution in [1.29, 1.82) is 0 Å². The quantitative estimate of drug-likeness (QED) is 0.863. The molecule has 1 heterocycles. The fourth-order valence-electron chi connectivity index (χ4n) is 1.93. The molecule has 1 aromatic carbocycles. The highest BCUT2D eigenvalue weighted by Gasteiger charge is 2.23. The standard InChI is InChI=1S/C12H14ClFN2OS/c13-9-3-1-2-8(11(9)14)6-16-4-5-17-10(7-16)12(15)18/h1-3,10H,4-7H2,(H2,15,18). The molecule has 0 saturated carbocycles. The number of benzene rings is 1. The van der Waals surface area contributed by atoms with Crippen molar-refractivity contribution in [3.8, 4) is 0 Å². The van der Waals surface area contributed by atoms with E-state index < -0.39 is 0 Å². The van der Waals surface area contributed by atoms with Crippen LogP contribution in [0, 0.1) is 5.82 Å². The summed E-state index contributed by atoms with van der Waals surface area (Å²) in [5.74, 6) is -0.363. The summed E-state index contributed by atoms with van der Waals surface area (Å²) in [5.41, 5.74) is 6.14. The lowest BCUT2D eigenvalue weighted by atomic mass is 10.1. The molecule has 3 nitrogen and oxygen atoms in total. The first-order chi connectivity index (χ1) is 8.58. The Hall–Kier alpha value is -0.750. The summed E-state index contributed by atoms with van der Waals surface area (Å²) in [6.07, 6.45) is -0.254. The van der Waals surface area contributed by atoms with Crippen LogP contribution in [-0.4, -0.2) is 35.7 Å². The average molecular weight is 289 g/mol. The molecule has 2 rings (SSSR count). The number of halogens is 2. The number of nitrogens with two attached hydrogens (primary N) is 1. The number of hydrogen-bond donors (Lipinski definition) is 1. The third kappa shape index (κ3) is 3.17. The molecule has 1 aliphatic rings. The van der Waals surface area contributed by atoms with Crippen LogP contribution in [0.25, 0.3) is 0 Å². The Bertz CT molecular complexity index is 458. The predicted molar refractivity (Wildman–Crippen MR) is 73.2 cm³/mol. The summed E-state index contributed by atoms with van der Waals surface area (Å²) < 4.78 is 19.2. The molecule has 0 spiro atoms. The van der Waals surface area contributed by atoms with Crippen molar-refractivity contribution in [2.75, 3.05) is 19.7 Å². The van der Waals surface area contributed by atoms with Crippen molar-refractivity contribution in [3.05, 3.63) is 34.6 Å². The number of nitrogens with zero attached hydrogens (tertiary/aromatic N) is 1. The largest absolute Gasteiger partial charge is 0.391 e. The molecule has 0 radical (unpaired) electrons. The van der Waals surface area contributed by atoms with E-state index in [0.717, 1.165) is 6.54 Å². The fraction of sp³-hybridized carbons (Fsp3) is 0.417. The highest BCUT2D eigenvalue weighted by Crippen LogP contribution is 2.20. The van der Waals surface area contributed by atoms with E-state index in [1.54, 1.807) is 12.1 Å². The first-order valence-electron chi connectivity index (χ1n) is 5.64. The van der Waals surface area contributed by atoms with Gasteiger partial charge < -0.3 is 10.5 Å². The number of rotatable bonds is 3. The summed E-state index contributed by atoms with van der Waals surface area (Å²) in [6.45, 7) is 2.34. The van der Waals surface area contributed by atoms with Gasteiger partial charge in [-0.1, -0.05) is 36.0 Å². The van der Waals surface area contributed by atoms with Crippen LogP contribution < -0.4 is 5.73 Å². The second-order valence-electron chi connectivity index (χ2n) is 4.21. The Balaban J connectivity index is 2.05. The minimum atomic E-state index is -0.363. The zero-order chi connectivity index (χ0) is 13.1. The van der Waals surface area contributed by atoms with Crippen LogP contribution in [0.2, 0.25) is 5.02 Å². The smallest absolute Gasteiger partial charge is 0.146 e. The molecule has 0 bridgehead atoms. The van der Waals surface area contributed by atoms with Gasteiger partial charge in [0.05, 0.1) is 11.6 Å². The van der Waals surface area contributed by atoms with Gasteiger partial charge in [0.2, 0.25) is 0 Å². The van der Waals surface area contributed by atoms with Crippen LogP contribution in [0.4, 0.5) is 4.39 Å². The van der Waals surface area contributed by atoms with Gasteiger partial charge in [-0.3, -0.25) is 4.90 Å². The SMILES string of the molecule is NC(=S)C1CN(Cc2cccc(Cl)c2F)CCO1. The Morgan fingerprint density at radius 3 is 3.11 bits per heavy atom. The molecule has 18 heavy (non-hydrogen) atoms. The molecular weight excluding hydrogens is 275 g/mol. The molecule has 2 N–H and O–H groups in total. The first kappa shape index (κ1) is 13.7. The van der Waals surface area contributed by atoms with E-state index in [4.69, 9.17) is 34.3 Å². The maximum atomic E-state index is 13.8. The lowest BCUT2D eigenvalue weighted by Gasteiger charge is -2.32. The third-order valence-corrected chi connectivity index (χ3v) is 3.45. The monoisotopic (exact) mass is 288 g/mol. The zero-order valence-electron chi connectivity index (χ0n) is 9.73. The fourth-order valence-corrected chi connectivity index (χ4v) is 2.27. The second-order valence-corrected chi connectivity index (χ2v) is 5.09. The summed E-state index contributed by atoms with van der Waals surface area (Å²) in [6, 6.07) is 5.01. The molecule has 1 saturated heterocycles. The summed E-state index contributed by atoms with van der Waals surface area (Å²) in [4.78, 5) is 2.40. The summed E-state index contributed by atoms with van der Waals surface area (Å²) >= 11 is 10.7. The van der Waals surface area contributed by atoms with Gasteiger partial charge in [0.1, 0.15) is 16.9 Å². The molecule has 1 unspecified atom stereocenters. The molecule has 0 aliphatic carbocycles. The molecule has 6 heteroatoms. The molecule has 1 aliphatic heterocycles. The zero-order valence-corrected chi connectivity index (χ0v) is 11.3. The van der Waals surface area contributed by atoms with Crippen LogP contribution in [0.3, 0.4) is 0 Å². The van der Waals surface area contributed by atoms with Crippen molar-refractivity contribution in [1.82, 2.24) is 4.90 Å². The van der Waals surface area contributed by atoms with Gasteiger partial charge in [-0.05, 0) is 6.07 Å². The van der Waals surface area contributed by atoms with Crippen molar-refractivity contribution in [2.24, 2.45) is 5.73 Å². The van der Waals surface area contributed by atoms with E-state index in [1.165, 1.54) is 6.07 Å². The highest BCUT2D eigenvalue weighted by atomic mass is 35.5. The minimum absolute atomic E-state index is 0.145. The molecule has 0 aromatic heterocycles. The van der Waals surface area contributed by atoms with Crippen LogP contribution in [0.15, 0.2) is 18.2 Å². The average Bonchev–Trinajstić information content (AvgIpc) is 2.35. The number of hydrogen-bond acceptors (Lipinski definition) is 3. The molecule has 1 fully saturated rings. The van der Waals surface area contributed by atoms with Crippen LogP contribution in [0.1, 0.15) is 5.56 Å². The van der Waals surface area contributed by atoms with Crippen molar-refractivity contribution in [3.63, 3.8) is 0 Å². The lowest BCUT2D eigenvalue weighted by Crippen LogP contribution is -2.47. The summed E-state index contributed by atoms with van der Waals surface area (Å²) in [7, 11) is 0. The summed E-state index contributed by atoms with van der Waals surface area (Å²) in [5, 5.41) is 0.145. The van der Waals surface area contributed by atoms with Gasteiger partial charge in [-0.2, -0.15) is 0 Å².